The molecule has 0 spiro atoms. The van der Waals surface area contributed by atoms with Crippen LogP contribution < -0.4 is 11.1 Å². The van der Waals surface area contributed by atoms with E-state index < -0.39 is 30.4 Å². The number of fused-ring (bicyclic) bond motifs is 1. The number of nitrogens with two attached hydrogens (primary N) is 1. The second-order valence-corrected chi connectivity index (χ2v) is 10.9. The second-order valence-electron chi connectivity index (χ2n) is 10.9. The summed E-state index contributed by atoms with van der Waals surface area (Å²) in [5.41, 5.74) is 6.85. The van der Waals surface area contributed by atoms with Crippen LogP contribution in [0.1, 0.15) is 51.1 Å². The van der Waals surface area contributed by atoms with E-state index in [2.05, 4.69) is 20.3 Å². The average Bonchev–Trinajstić information content (AvgIpc) is 3.62. The second kappa shape index (κ2) is 12.1. The molecular formula is C26H38N8O7. The van der Waals surface area contributed by atoms with Crippen LogP contribution in [0.4, 0.5) is 10.6 Å². The highest BCUT2D eigenvalue weighted by Gasteiger charge is 2.47. The highest BCUT2D eigenvalue weighted by atomic mass is 16.6. The fourth-order valence-corrected chi connectivity index (χ4v) is 5.72. The first-order valence-electron chi connectivity index (χ1n) is 14.1. The van der Waals surface area contributed by atoms with Crippen molar-refractivity contribution in [3.63, 3.8) is 0 Å². The van der Waals surface area contributed by atoms with Gasteiger partial charge in [0.1, 0.15) is 30.2 Å². The van der Waals surface area contributed by atoms with Crippen molar-refractivity contribution in [2.24, 2.45) is 5.92 Å². The lowest BCUT2D eigenvalue weighted by atomic mass is 9.92. The van der Waals surface area contributed by atoms with E-state index >= 15 is 0 Å². The summed E-state index contributed by atoms with van der Waals surface area (Å²) in [4.78, 5) is 53.1. The fourth-order valence-electron chi connectivity index (χ4n) is 5.72. The molecule has 41 heavy (non-hydrogen) atoms. The predicted molar refractivity (Wildman–Crippen MR) is 144 cm³/mol. The Morgan fingerprint density at radius 3 is 2.63 bits per heavy atom. The molecule has 15 nitrogen and oxygen atoms in total. The van der Waals surface area contributed by atoms with Gasteiger partial charge >= 0.3 is 6.09 Å². The molecule has 5 atom stereocenters. The van der Waals surface area contributed by atoms with Crippen LogP contribution in [0.5, 0.6) is 0 Å². The molecule has 3 unspecified atom stereocenters. The van der Waals surface area contributed by atoms with Gasteiger partial charge in [0.15, 0.2) is 23.8 Å². The monoisotopic (exact) mass is 574 g/mol. The van der Waals surface area contributed by atoms with Crippen molar-refractivity contribution >= 4 is 34.9 Å². The number of carbonyl (C=O) groups is 3. The van der Waals surface area contributed by atoms with Crippen LogP contribution in [-0.2, 0) is 25.5 Å². The summed E-state index contributed by atoms with van der Waals surface area (Å²) in [6.07, 6.45) is 0.102. The first-order chi connectivity index (χ1) is 19.7. The number of hydrogen-bond acceptors (Lipinski definition) is 11. The van der Waals surface area contributed by atoms with E-state index in [0.717, 1.165) is 19.3 Å². The normalized spacial score (nSPS) is 27.1. The number of nitrogen functional groups attached to an aromatic ring is 1. The zero-order chi connectivity index (χ0) is 29.3. The summed E-state index contributed by atoms with van der Waals surface area (Å²) < 4.78 is 12.7. The quantitative estimate of drug-likeness (QED) is 0.319. The van der Waals surface area contributed by atoms with Gasteiger partial charge in [-0.25, -0.2) is 19.7 Å². The lowest BCUT2D eigenvalue weighted by molar-refractivity contribution is -0.137. The van der Waals surface area contributed by atoms with Crippen molar-refractivity contribution in [2.75, 3.05) is 39.0 Å². The molecule has 3 fully saturated rings. The summed E-state index contributed by atoms with van der Waals surface area (Å²) in [5, 5.41) is 23.6. The molecule has 15 heteroatoms. The number of aliphatic hydroxyl groups excluding tert-OH is 2. The maximum absolute atomic E-state index is 12.5. The van der Waals surface area contributed by atoms with E-state index in [1.807, 2.05) is 0 Å². The molecular weight excluding hydrogens is 536 g/mol. The van der Waals surface area contributed by atoms with Crippen molar-refractivity contribution in [3.05, 3.63) is 12.2 Å². The molecule has 3 saturated heterocycles. The number of nitrogens with one attached hydrogen (secondary N) is 1. The Labute approximate surface area is 237 Å². The fraction of sp³-hybridized carbons (Fsp3) is 0.692. The number of carbonyl (C=O) groups excluding carboxylic acids is 3. The van der Waals surface area contributed by atoms with Gasteiger partial charge in [0.25, 0.3) is 5.91 Å². The van der Waals surface area contributed by atoms with E-state index in [-0.39, 0.29) is 30.5 Å². The van der Waals surface area contributed by atoms with Crippen LogP contribution in [0.15, 0.2) is 6.33 Å². The molecule has 0 aliphatic carbocycles. The van der Waals surface area contributed by atoms with Crippen molar-refractivity contribution in [1.82, 2.24) is 34.6 Å². The Morgan fingerprint density at radius 2 is 1.95 bits per heavy atom. The number of nitrogens with zero attached hydrogens (tertiary/aromatic N) is 6. The zero-order valence-corrected chi connectivity index (χ0v) is 23.3. The van der Waals surface area contributed by atoms with E-state index in [1.54, 1.807) is 23.8 Å². The van der Waals surface area contributed by atoms with E-state index in [1.165, 1.54) is 10.9 Å². The average molecular weight is 575 g/mol. The van der Waals surface area contributed by atoms with Crippen molar-refractivity contribution in [1.29, 1.82) is 0 Å². The highest BCUT2D eigenvalue weighted by Crippen LogP contribution is 2.32. The number of anilines is 1. The Morgan fingerprint density at radius 1 is 1.20 bits per heavy atom. The van der Waals surface area contributed by atoms with Crippen LogP contribution in [0, 0.1) is 5.92 Å². The van der Waals surface area contributed by atoms with Crippen molar-refractivity contribution < 1.29 is 34.1 Å². The number of aliphatic hydroxyl groups is 2. The minimum Gasteiger partial charge on any atom is -0.447 e. The molecule has 2 aromatic heterocycles. The standard InChI is InChI=1S/C26H38N8O7/c1-3-28-24(38)21-19(36)20(37)25(41-21)34-13-29-18-22(27)30-16(31-23(18)34)6-4-14-8-10-33(11-9-14)26(39)40-12-15-5-7-17(35)32(15)2/h13-15,19-21,25,36-37H,3-12H2,1-2H3,(H,28,38)(H2,27,30,31)/t15?,19?,20?,21-,25+/m0/s1. The maximum Gasteiger partial charge on any atom is 0.409 e. The molecule has 0 bridgehead atoms. The summed E-state index contributed by atoms with van der Waals surface area (Å²) in [5.74, 6) is 0.606. The van der Waals surface area contributed by atoms with Crippen molar-refractivity contribution in [2.45, 2.75) is 76.0 Å². The smallest absolute Gasteiger partial charge is 0.409 e. The SMILES string of the molecule is CCNC(=O)[C@H]1O[C@@H](n2cnc3c(N)nc(CCC4CCN(C(=O)OCC5CCC(=O)N5C)CC4)nc32)C(O)C1O. The Kier molecular flexibility index (Phi) is 8.56. The lowest BCUT2D eigenvalue weighted by Gasteiger charge is -2.31. The lowest BCUT2D eigenvalue weighted by Crippen LogP contribution is -2.42. The topological polar surface area (TPSA) is 198 Å². The third-order valence-corrected chi connectivity index (χ3v) is 8.30. The molecule has 224 valence electrons. The van der Waals surface area contributed by atoms with Gasteiger partial charge in [0.05, 0.1) is 12.4 Å². The van der Waals surface area contributed by atoms with Crippen molar-refractivity contribution in [3.8, 4) is 0 Å². The third-order valence-electron chi connectivity index (χ3n) is 8.30. The van der Waals surface area contributed by atoms with E-state index in [9.17, 15) is 24.6 Å². The molecule has 3 amide bonds. The number of ether oxygens (including phenoxy) is 2. The molecule has 3 aliphatic heterocycles. The number of imidazole rings is 1. The largest absolute Gasteiger partial charge is 0.447 e. The molecule has 0 aromatic carbocycles. The molecule has 0 saturated carbocycles. The van der Waals surface area contributed by atoms with Gasteiger partial charge in [0.2, 0.25) is 5.91 Å². The zero-order valence-electron chi connectivity index (χ0n) is 23.3. The summed E-state index contributed by atoms with van der Waals surface area (Å²) >= 11 is 0. The number of aromatic nitrogens is 4. The van der Waals surface area contributed by atoms with Crippen LogP contribution in [-0.4, -0.2) is 115 Å². The Hall–Kier alpha value is -3.56. The number of piperidine rings is 1. The number of hydrogen-bond donors (Lipinski definition) is 4. The van der Waals surface area contributed by atoms with Gasteiger partial charge in [-0.15, -0.1) is 0 Å². The minimum atomic E-state index is -1.42. The number of aryl methyl sites for hydroxylation is 1. The molecule has 5 N–H and O–H groups in total. The number of amides is 3. The molecule has 0 radical (unpaired) electrons. The molecule has 2 aromatic rings. The minimum absolute atomic E-state index is 0.0550. The first kappa shape index (κ1) is 29.0. The maximum atomic E-state index is 12.5. The number of likely N-dealkylation sites (tertiary alicyclic amines) is 2. The van der Waals surface area contributed by atoms with E-state index in [4.69, 9.17) is 15.2 Å². The Bertz CT molecular complexity index is 1280. The van der Waals surface area contributed by atoms with Crippen LogP contribution in [0.25, 0.3) is 11.2 Å². The van der Waals surface area contributed by atoms with Gasteiger partial charge in [-0.05, 0) is 38.5 Å². The van der Waals surface area contributed by atoms with Gasteiger partial charge in [0, 0.05) is 39.5 Å². The van der Waals surface area contributed by atoms with E-state index in [0.29, 0.717) is 61.8 Å². The van der Waals surface area contributed by atoms with Gasteiger partial charge in [-0.3, -0.25) is 14.2 Å². The molecule has 5 heterocycles. The summed E-state index contributed by atoms with van der Waals surface area (Å²) in [6, 6.07) is -0.0550. The molecule has 3 aliphatic rings. The Balaban J connectivity index is 1.16. The van der Waals surface area contributed by atoms with Crippen LogP contribution in [0.3, 0.4) is 0 Å². The first-order valence-corrected chi connectivity index (χ1v) is 14.1. The van der Waals surface area contributed by atoms with Crippen LogP contribution in [0.2, 0.25) is 0 Å². The van der Waals surface area contributed by atoms with Crippen LogP contribution >= 0.6 is 0 Å². The highest BCUT2D eigenvalue weighted by molar-refractivity contribution is 5.83. The third kappa shape index (κ3) is 5.92. The van der Waals surface area contributed by atoms with Gasteiger partial charge in [-0.1, -0.05) is 0 Å². The summed E-state index contributed by atoms with van der Waals surface area (Å²) in [6.45, 7) is 3.50. The van der Waals surface area contributed by atoms with Gasteiger partial charge < -0.3 is 40.5 Å². The number of likely N-dealkylation sites (N-methyl/N-ethyl adjacent to an activating group) is 2. The molecule has 5 rings (SSSR count). The summed E-state index contributed by atoms with van der Waals surface area (Å²) in [7, 11) is 1.74. The predicted octanol–water partition coefficient (Wildman–Crippen LogP) is -0.434. The van der Waals surface area contributed by atoms with Gasteiger partial charge in [-0.2, -0.15) is 0 Å². The number of rotatable bonds is 8.